The molecule has 126 valence electrons. The van der Waals surface area contributed by atoms with Crippen molar-refractivity contribution in [3.8, 4) is 0 Å². The molecule has 0 amide bonds. The van der Waals surface area contributed by atoms with Gasteiger partial charge in [-0.3, -0.25) is 4.72 Å². The smallest absolute Gasteiger partial charge is 0.232 e. The summed E-state index contributed by atoms with van der Waals surface area (Å²) >= 11 is 0. The van der Waals surface area contributed by atoms with E-state index in [9.17, 15) is 13.5 Å². The Morgan fingerprint density at radius 2 is 1.73 bits per heavy atom. The Bertz CT molecular complexity index is 566. The zero-order valence-electron chi connectivity index (χ0n) is 14.1. The van der Waals surface area contributed by atoms with E-state index in [4.69, 9.17) is 0 Å². The molecule has 6 heteroatoms. The highest BCUT2D eigenvalue weighted by molar-refractivity contribution is 7.92. The van der Waals surface area contributed by atoms with Crippen molar-refractivity contribution in [3.63, 3.8) is 0 Å². The van der Waals surface area contributed by atoms with Gasteiger partial charge in [0.05, 0.1) is 11.4 Å². The molecule has 0 aliphatic heterocycles. The average Bonchev–Trinajstić information content (AvgIpc) is 2.45. The highest BCUT2D eigenvalue weighted by atomic mass is 32.2. The number of rotatable bonds is 8. The molecular formula is C16H28N2O3S. The standard InChI is InChI=1S/C16H28N2O3S/c1-6-22(20,21)18-15-9-7-14(8-10-15)13(4)17-11-16(5,19)12(2)3/h7-10,12-13,17-19H,6,11H2,1-5H3. The summed E-state index contributed by atoms with van der Waals surface area (Å²) in [6.07, 6.45) is 0. The summed E-state index contributed by atoms with van der Waals surface area (Å²) in [6.45, 7) is 9.91. The second-order valence-electron chi connectivity index (χ2n) is 6.24. The van der Waals surface area contributed by atoms with Crippen LogP contribution in [0, 0.1) is 5.92 Å². The molecule has 0 aromatic heterocycles. The van der Waals surface area contributed by atoms with Crippen LogP contribution in [0.3, 0.4) is 0 Å². The van der Waals surface area contributed by atoms with Crippen molar-refractivity contribution in [2.75, 3.05) is 17.0 Å². The molecule has 1 aromatic carbocycles. The topological polar surface area (TPSA) is 78.4 Å². The van der Waals surface area contributed by atoms with E-state index in [1.165, 1.54) is 0 Å². The number of sulfonamides is 1. The molecule has 0 spiro atoms. The van der Waals surface area contributed by atoms with Crippen LogP contribution in [0.1, 0.15) is 46.2 Å². The maximum atomic E-state index is 11.5. The second kappa shape index (κ2) is 7.44. The van der Waals surface area contributed by atoms with Gasteiger partial charge in [0.1, 0.15) is 0 Å². The second-order valence-corrected chi connectivity index (χ2v) is 8.25. The predicted molar refractivity (Wildman–Crippen MR) is 91.4 cm³/mol. The summed E-state index contributed by atoms with van der Waals surface area (Å²) in [7, 11) is -3.24. The molecule has 3 N–H and O–H groups in total. The average molecular weight is 328 g/mol. The summed E-state index contributed by atoms with van der Waals surface area (Å²) in [5, 5.41) is 13.6. The lowest BCUT2D eigenvalue weighted by Crippen LogP contribution is -2.42. The van der Waals surface area contributed by atoms with Crippen molar-refractivity contribution in [2.24, 2.45) is 5.92 Å². The molecular weight excluding hydrogens is 300 g/mol. The Hall–Kier alpha value is -1.11. The van der Waals surface area contributed by atoms with Gasteiger partial charge in [0.15, 0.2) is 0 Å². The third-order valence-corrected chi connectivity index (χ3v) is 5.38. The van der Waals surface area contributed by atoms with Gasteiger partial charge in [-0.2, -0.15) is 0 Å². The number of hydrogen-bond donors (Lipinski definition) is 3. The van der Waals surface area contributed by atoms with Crippen LogP contribution in [0.4, 0.5) is 5.69 Å². The maximum Gasteiger partial charge on any atom is 0.232 e. The third kappa shape index (κ3) is 5.59. The normalized spacial score (nSPS) is 16.3. The number of aliphatic hydroxyl groups is 1. The summed E-state index contributed by atoms with van der Waals surface area (Å²) in [4.78, 5) is 0. The van der Waals surface area contributed by atoms with E-state index >= 15 is 0 Å². The van der Waals surface area contributed by atoms with Crippen molar-refractivity contribution in [1.82, 2.24) is 5.32 Å². The van der Waals surface area contributed by atoms with Gasteiger partial charge < -0.3 is 10.4 Å². The van der Waals surface area contributed by atoms with E-state index in [0.29, 0.717) is 12.2 Å². The third-order valence-electron chi connectivity index (χ3n) is 4.07. The zero-order chi connectivity index (χ0) is 17.0. The van der Waals surface area contributed by atoms with Gasteiger partial charge in [-0.25, -0.2) is 8.42 Å². The lowest BCUT2D eigenvalue weighted by atomic mass is 9.92. The molecule has 0 aliphatic rings. The first kappa shape index (κ1) is 18.9. The fourth-order valence-electron chi connectivity index (χ4n) is 1.77. The summed E-state index contributed by atoms with van der Waals surface area (Å²) < 4.78 is 25.5. The minimum atomic E-state index is -3.24. The van der Waals surface area contributed by atoms with Crippen molar-refractivity contribution >= 4 is 15.7 Å². The van der Waals surface area contributed by atoms with E-state index < -0.39 is 15.6 Å². The lowest BCUT2D eigenvalue weighted by Gasteiger charge is -2.29. The van der Waals surface area contributed by atoms with Crippen LogP contribution in [-0.2, 0) is 10.0 Å². The fraction of sp³-hybridized carbons (Fsp3) is 0.625. The van der Waals surface area contributed by atoms with Crippen molar-refractivity contribution in [3.05, 3.63) is 29.8 Å². The van der Waals surface area contributed by atoms with Gasteiger partial charge in [0.2, 0.25) is 10.0 Å². The van der Waals surface area contributed by atoms with E-state index in [0.717, 1.165) is 5.56 Å². The first-order valence-corrected chi connectivity index (χ1v) is 9.29. The van der Waals surface area contributed by atoms with Crippen LogP contribution >= 0.6 is 0 Å². The molecule has 0 radical (unpaired) electrons. The van der Waals surface area contributed by atoms with Gasteiger partial charge in [-0.05, 0) is 44.4 Å². The highest BCUT2D eigenvalue weighted by Crippen LogP contribution is 2.19. The Labute approximate surface area is 134 Å². The Morgan fingerprint density at radius 3 is 2.18 bits per heavy atom. The summed E-state index contributed by atoms with van der Waals surface area (Å²) in [5.74, 6) is 0.217. The molecule has 0 aliphatic carbocycles. The molecule has 2 atom stereocenters. The SMILES string of the molecule is CCS(=O)(=O)Nc1ccc(C(C)NCC(C)(O)C(C)C)cc1. The minimum absolute atomic E-state index is 0.0526. The van der Waals surface area contributed by atoms with E-state index in [2.05, 4.69) is 10.0 Å². The van der Waals surface area contributed by atoms with Crippen molar-refractivity contribution in [1.29, 1.82) is 0 Å². The fourth-order valence-corrected chi connectivity index (χ4v) is 2.41. The molecule has 22 heavy (non-hydrogen) atoms. The lowest BCUT2D eigenvalue weighted by molar-refractivity contribution is 0.0122. The molecule has 0 saturated heterocycles. The molecule has 1 aromatic rings. The van der Waals surface area contributed by atoms with Crippen LogP contribution in [0.5, 0.6) is 0 Å². The molecule has 0 heterocycles. The Balaban J connectivity index is 2.67. The number of anilines is 1. The van der Waals surface area contributed by atoms with Gasteiger partial charge >= 0.3 is 0 Å². The highest BCUT2D eigenvalue weighted by Gasteiger charge is 2.25. The number of benzene rings is 1. The predicted octanol–water partition coefficient (Wildman–Crippen LogP) is 2.51. The Kier molecular flexibility index (Phi) is 6.40. The van der Waals surface area contributed by atoms with Crippen LogP contribution in [0.15, 0.2) is 24.3 Å². The maximum absolute atomic E-state index is 11.5. The molecule has 0 saturated carbocycles. The largest absolute Gasteiger partial charge is 0.389 e. The Morgan fingerprint density at radius 1 is 1.18 bits per heavy atom. The van der Waals surface area contributed by atoms with Gasteiger partial charge in [0, 0.05) is 18.3 Å². The summed E-state index contributed by atoms with van der Waals surface area (Å²) in [6, 6.07) is 7.34. The van der Waals surface area contributed by atoms with Crippen molar-refractivity contribution < 1.29 is 13.5 Å². The van der Waals surface area contributed by atoms with Gasteiger partial charge in [0.25, 0.3) is 0 Å². The van der Waals surface area contributed by atoms with Gasteiger partial charge in [-0.1, -0.05) is 26.0 Å². The number of hydrogen-bond acceptors (Lipinski definition) is 4. The van der Waals surface area contributed by atoms with Crippen LogP contribution in [-0.4, -0.2) is 31.4 Å². The van der Waals surface area contributed by atoms with Gasteiger partial charge in [-0.15, -0.1) is 0 Å². The number of nitrogens with one attached hydrogen (secondary N) is 2. The van der Waals surface area contributed by atoms with E-state index in [-0.39, 0.29) is 17.7 Å². The first-order chi connectivity index (χ1) is 10.1. The van der Waals surface area contributed by atoms with Crippen molar-refractivity contribution in [2.45, 2.75) is 46.3 Å². The first-order valence-electron chi connectivity index (χ1n) is 7.63. The van der Waals surface area contributed by atoms with Crippen LogP contribution in [0.2, 0.25) is 0 Å². The van der Waals surface area contributed by atoms with E-state index in [1.54, 1.807) is 19.1 Å². The molecule has 1 rings (SSSR count). The monoisotopic (exact) mass is 328 g/mol. The molecule has 0 fully saturated rings. The van der Waals surface area contributed by atoms with Crippen LogP contribution < -0.4 is 10.0 Å². The minimum Gasteiger partial charge on any atom is -0.389 e. The van der Waals surface area contributed by atoms with E-state index in [1.807, 2.05) is 39.8 Å². The molecule has 5 nitrogen and oxygen atoms in total. The molecule has 2 unspecified atom stereocenters. The zero-order valence-corrected chi connectivity index (χ0v) is 14.9. The molecule has 0 bridgehead atoms. The quantitative estimate of drug-likeness (QED) is 0.685. The van der Waals surface area contributed by atoms with Crippen LogP contribution in [0.25, 0.3) is 0 Å². The summed E-state index contributed by atoms with van der Waals surface area (Å²) in [5.41, 5.74) is 0.844.